The molecule has 21 heavy (non-hydrogen) atoms. The van der Waals surface area contributed by atoms with Crippen LogP contribution in [0.15, 0.2) is 40.9 Å². The summed E-state index contributed by atoms with van der Waals surface area (Å²) in [4.78, 5) is 11.5. The summed E-state index contributed by atoms with van der Waals surface area (Å²) in [6, 6.07) is 11.0. The number of primary amides is 1. The van der Waals surface area contributed by atoms with Crippen LogP contribution in [0.4, 0.5) is 11.4 Å². The van der Waals surface area contributed by atoms with E-state index in [0.717, 1.165) is 5.56 Å². The van der Waals surface area contributed by atoms with Crippen molar-refractivity contribution in [2.75, 3.05) is 18.2 Å². The largest absolute Gasteiger partial charge is 0.495 e. The molecule has 0 spiro atoms. The van der Waals surface area contributed by atoms with E-state index in [4.69, 9.17) is 16.2 Å². The number of methoxy groups -OCH3 is 1. The molecule has 0 saturated carbocycles. The van der Waals surface area contributed by atoms with E-state index in [1.807, 2.05) is 24.3 Å². The first kappa shape index (κ1) is 15.2. The maximum absolute atomic E-state index is 11.5. The Kier molecular flexibility index (Phi) is 4.70. The summed E-state index contributed by atoms with van der Waals surface area (Å²) in [5, 5.41) is 3.19. The molecule has 0 aliphatic carbocycles. The van der Waals surface area contributed by atoms with Crippen LogP contribution in [0, 0.1) is 0 Å². The topological polar surface area (TPSA) is 90.4 Å². The van der Waals surface area contributed by atoms with Crippen LogP contribution in [-0.4, -0.2) is 13.0 Å². The molecule has 0 aliphatic rings. The summed E-state index contributed by atoms with van der Waals surface area (Å²) < 4.78 is 5.78. The van der Waals surface area contributed by atoms with Crippen molar-refractivity contribution >= 4 is 33.2 Å². The zero-order valence-corrected chi connectivity index (χ0v) is 13.1. The second kappa shape index (κ2) is 6.49. The van der Waals surface area contributed by atoms with Crippen LogP contribution in [-0.2, 0) is 6.54 Å². The molecule has 6 heteroatoms. The molecule has 0 unspecified atom stereocenters. The van der Waals surface area contributed by atoms with Crippen LogP contribution >= 0.6 is 15.9 Å². The molecule has 0 bridgehead atoms. The SMILES string of the molecule is COc1ccc(CNc2cccc(Br)c2C(N)=O)cc1N. The second-order valence-electron chi connectivity index (χ2n) is 4.46. The predicted octanol–water partition coefficient (Wildman–Crippen LogP) is 2.75. The molecule has 0 saturated heterocycles. The molecule has 5 N–H and O–H groups in total. The van der Waals surface area contributed by atoms with E-state index in [0.29, 0.717) is 33.7 Å². The number of nitrogen functional groups attached to an aromatic ring is 1. The van der Waals surface area contributed by atoms with Gasteiger partial charge in [0.15, 0.2) is 0 Å². The van der Waals surface area contributed by atoms with Crippen molar-refractivity contribution in [3.8, 4) is 5.75 Å². The number of anilines is 2. The van der Waals surface area contributed by atoms with Gasteiger partial charge < -0.3 is 21.5 Å². The molecule has 2 aromatic carbocycles. The number of amides is 1. The molecular weight excluding hydrogens is 334 g/mol. The Morgan fingerprint density at radius 2 is 2.10 bits per heavy atom. The van der Waals surface area contributed by atoms with Gasteiger partial charge in [-0.1, -0.05) is 12.1 Å². The quantitative estimate of drug-likeness (QED) is 0.724. The number of ether oxygens (including phenoxy) is 1. The standard InChI is InChI=1S/C15H16BrN3O2/c1-21-13-6-5-9(7-11(13)17)8-19-12-4-2-3-10(16)14(12)15(18)20/h2-7,19H,8,17H2,1H3,(H2,18,20). The number of halogens is 1. The molecule has 5 nitrogen and oxygen atoms in total. The zero-order chi connectivity index (χ0) is 15.4. The fourth-order valence-corrected chi connectivity index (χ4v) is 2.57. The number of benzene rings is 2. The van der Waals surface area contributed by atoms with E-state index in [1.165, 1.54) is 0 Å². The van der Waals surface area contributed by atoms with Gasteiger partial charge in [0.05, 0.1) is 18.4 Å². The molecule has 1 amide bonds. The monoisotopic (exact) mass is 349 g/mol. The third-order valence-corrected chi connectivity index (χ3v) is 3.70. The van der Waals surface area contributed by atoms with Crippen molar-refractivity contribution in [2.45, 2.75) is 6.54 Å². The van der Waals surface area contributed by atoms with E-state index in [1.54, 1.807) is 19.2 Å². The maximum atomic E-state index is 11.5. The van der Waals surface area contributed by atoms with Crippen molar-refractivity contribution in [2.24, 2.45) is 5.73 Å². The smallest absolute Gasteiger partial charge is 0.251 e. The lowest BCUT2D eigenvalue weighted by Gasteiger charge is -2.12. The summed E-state index contributed by atoms with van der Waals surface area (Å²) in [5.41, 5.74) is 13.9. The van der Waals surface area contributed by atoms with E-state index in [2.05, 4.69) is 21.2 Å². The summed E-state index contributed by atoms with van der Waals surface area (Å²) in [7, 11) is 1.57. The molecule has 0 aliphatic heterocycles. The lowest BCUT2D eigenvalue weighted by molar-refractivity contribution is 0.100. The van der Waals surface area contributed by atoms with Crippen molar-refractivity contribution in [1.82, 2.24) is 0 Å². The van der Waals surface area contributed by atoms with Crippen molar-refractivity contribution < 1.29 is 9.53 Å². The Bertz CT molecular complexity index is 674. The van der Waals surface area contributed by atoms with Crippen LogP contribution in [0.1, 0.15) is 15.9 Å². The average molecular weight is 350 g/mol. The molecule has 2 rings (SSSR count). The van der Waals surface area contributed by atoms with Crippen molar-refractivity contribution in [3.05, 3.63) is 52.0 Å². The van der Waals surface area contributed by atoms with Gasteiger partial charge in [-0.05, 0) is 45.8 Å². The molecule has 2 aromatic rings. The van der Waals surface area contributed by atoms with Gasteiger partial charge in [0.2, 0.25) is 0 Å². The van der Waals surface area contributed by atoms with Gasteiger partial charge in [-0.2, -0.15) is 0 Å². The van der Waals surface area contributed by atoms with Gasteiger partial charge in [0.25, 0.3) is 5.91 Å². The first-order chi connectivity index (χ1) is 10.0. The molecule has 110 valence electrons. The highest BCUT2D eigenvalue weighted by atomic mass is 79.9. The Morgan fingerprint density at radius 1 is 1.33 bits per heavy atom. The minimum atomic E-state index is -0.487. The Hall–Kier alpha value is -2.21. The molecule has 0 fully saturated rings. The van der Waals surface area contributed by atoms with Crippen LogP contribution in [0.25, 0.3) is 0 Å². The fraction of sp³-hybridized carbons (Fsp3) is 0.133. The van der Waals surface area contributed by atoms with Crippen LogP contribution in [0.3, 0.4) is 0 Å². The maximum Gasteiger partial charge on any atom is 0.251 e. The number of nitrogens with two attached hydrogens (primary N) is 2. The Labute approximate surface area is 131 Å². The molecule has 0 atom stereocenters. The van der Waals surface area contributed by atoms with Crippen molar-refractivity contribution in [1.29, 1.82) is 0 Å². The Balaban J connectivity index is 2.19. The van der Waals surface area contributed by atoms with E-state index in [9.17, 15) is 4.79 Å². The summed E-state index contributed by atoms with van der Waals surface area (Å²) in [6.45, 7) is 0.519. The van der Waals surface area contributed by atoms with E-state index < -0.39 is 5.91 Å². The van der Waals surface area contributed by atoms with Gasteiger partial charge in [-0.25, -0.2) is 0 Å². The minimum absolute atomic E-state index is 0.430. The second-order valence-corrected chi connectivity index (χ2v) is 5.31. The number of hydrogen-bond acceptors (Lipinski definition) is 4. The van der Waals surface area contributed by atoms with Gasteiger partial charge in [-0.15, -0.1) is 0 Å². The number of hydrogen-bond donors (Lipinski definition) is 3. The normalized spacial score (nSPS) is 10.2. The van der Waals surface area contributed by atoms with Crippen molar-refractivity contribution in [3.63, 3.8) is 0 Å². The third kappa shape index (κ3) is 3.46. The number of nitrogens with one attached hydrogen (secondary N) is 1. The number of carbonyl (C=O) groups excluding carboxylic acids is 1. The summed E-state index contributed by atoms with van der Waals surface area (Å²) >= 11 is 3.33. The highest BCUT2D eigenvalue weighted by molar-refractivity contribution is 9.10. The molecule has 0 heterocycles. The minimum Gasteiger partial charge on any atom is -0.495 e. The highest BCUT2D eigenvalue weighted by Gasteiger charge is 2.12. The fourth-order valence-electron chi connectivity index (χ4n) is 2.01. The van der Waals surface area contributed by atoms with E-state index in [-0.39, 0.29) is 0 Å². The predicted molar refractivity (Wildman–Crippen MR) is 87.4 cm³/mol. The zero-order valence-electron chi connectivity index (χ0n) is 11.5. The van der Waals surface area contributed by atoms with Gasteiger partial charge in [-0.3, -0.25) is 4.79 Å². The number of carbonyl (C=O) groups is 1. The molecular formula is C15H16BrN3O2. The van der Waals surface area contributed by atoms with Gasteiger partial charge in [0, 0.05) is 16.7 Å². The molecule has 0 aromatic heterocycles. The average Bonchev–Trinajstić information content (AvgIpc) is 2.44. The van der Waals surface area contributed by atoms with Gasteiger partial charge >= 0.3 is 0 Å². The van der Waals surface area contributed by atoms with Crippen LogP contribution in [0.2, 0.25) is 0 Å². The van der Waals surface area contributed by atoms with Crippen LogP contribution < -0.4 is 21.5 Å². The van der Waals surface area contributed by atoms with E-state index >= 15 is 0 Å². The number of rotatable bonds is 5. The van der Waals surface area contributed by atoms with Crippen LogP contribution in [0.5, 0.6) is 5.75 Å². The summed E-state index contributed by atoms with van der Waals surface area (Å²) in [6.07, 6.45) is 0. The van der Waals surface area contributed by atoms with Gasteiger partial charge in [0.1, 0.15) is 5.75 Å². The lowest BCUT2D eigenvalue weighted by Crippen LogP contribution is -2.15. The third-order valence-electron chi connectivity index (χ3n) is 3.04. The summed E-state index contributed by atoms with van der Waals surface area (Å²) in [5.74, 6) is 0.151. The highest BCUT2D eigenvalue weighted by Crippen LogP contribution is 2.26. The first-order valence-electron chi connectivity index (χ1n) is 6.27. The first-order valence-corrected chi connectivity index (χ1v) is 7.06. The lowest BCUT2D eigenvalue weighted by atomic mass is 10.1. The Morgan fingerprint density at radius 3 is 2.71 bits per heavy atom. The molecule has 0 radical (unpaired) electrons.